The van der Waals surface area contributed by atoms with E-state index in [0.29, 0.717) is 5.92 Å². The minimum Gasteiger partial charge on any atom is -0.291 e. The Kier molecular flexibility index (Phi) is 4.44. The molecule has 0 unspecified atom stereocenters. The zero-order chi connectivity index (χ0) is 17.2. The Morgan fingerprint density at radius 3 is 2.29 bits per heavy atom. The smallest absolute Gasteiger partial charge is 0.232 e. The highest BCUT2D eigenvalue weighted by atomic mass is 32.2. The molecule has 6 nitrogen and oxygen atoms in total. The lowest BCUT2D eigenvalue weighted by atomic mass is 10.0. The molecule has 3 aromatic rings. The number of sulfone groups is 1. The number of hydrogen-bond acceptors (Lipinski definition) is 5. The minimum atomic E-state index is -3.65. The molecule has 7 heteroatoms. The summed E-state index contributed by atoms with van der Waals surface area (Å²) in [6.45, 7) is 4.23. The summed E-state index contributed by atoms with van der Waals surface area (Å²) in [6.07, 6.45) is 6.17. The first-order valence-corrected chi connectivity index (χ1v) is 9.25. The number of hydrogen-bond donors (Lipinski definition) is 0. The van der Waals surface area contributed by atoms with Crippen LogP contribution in [0.3, 0.4) is 0 Å². The molecule has 24 heavy (non-hydrogen) atoms. The molecule has 3 rings (SSSR count). The van der Waals surface area contributed by atoms with E-state index in [1.807, 2.05) is 24.3 Å². The Labute approximate surface area is 141 Å². The van der Waals surface area contributed by atoms with Gasteiger partial charge in [0.15, 0.2) is 0 Å². The molecule has 0 aliphatic carbocycles. The molecule has 0 bridgehead atoms. The van der Waals surface area contributed by atoms with Gasteiger partial charge in [-0.25, -0.2) is 23.4 Å². The van der Waals surface area contributed by atoms with Crippen LogP contribution in [-0.2, 0) is 15.6 Å². The predicted octanol–water partition coefficient (Wildman–Crippen LogP) is 2.76. The van der Waals surface area contributed by atoms with Gasteiger partial charge >= 0.3 is 0 Å². The van der Waals surface area contributed by atoms with Crippen molar-refractivity contribution in [2.45, 2.75) is 30.7 Å². The number of rotatable bonds is 5. The number of imidazole rings is 1. The third-order valence-electron chi connectivity index (χ3n) is 3.66. The minimum absolute atomic E-state index is 0.00718. The van der Waals surface area contributed by atoms with E-state index in [-0.39, 0.29) is 16.7 Å². The van der Waals surface area contributed by atoms with Crippen LogP contribution in [0.4, 0.5) is 0 Å². The highest BCUT2D eigenvalue weighted by Crippen LogP contribution is 2.21. The largest absolute Gasteiger partial charge is 0.291 e. The molecule has 0 saturated carbocycles. The SMILES string of the molecule is CC(C)c1ccc(-n2ccnc2S(=O)(=O)Cc2ncccn2)cc1. The molecule has 124 valence electrons. The average molecular weight is 342 g/mol. The topological polar surface area (TPSA) is 77.7 Å². The van der Waals surface area contributed by atoms with Crippen LogP contribution in [0.2, 0.25) is 0 Å². The van der Waals surface area contributed by atoms with Crippen molar-refractivity contribution >= 4 is 9.84 Å². The third-order valence-corrected chi connectivity index (χ3v) is 5.16. The van der Waals surface area contributed by atoms with Gasteiger partial charge < -0.3 is 0 Å². The Morgan fingerprint density at radius 2 is 1.67 bits per heavy atom. The van der Waals surface area contributed by atoms with Crippen molar-refractivity contribution in [2.75, 3.05) is 0 Å². The van der Waals surface area contributed by atoms with Crippen LogP contribution >= 0.6 is 0 Å². The number of aromatic nitrogens is 4. The van der Waals surface area contributed by atoms with Crippen molar-refractivity contribution in [1.29, 1.82) is 0 Å². The second kappa shape index (κ2) is 6.52. The van der Waals surface area contributed by atoms with Gasteiger partial charge in [-0.05, 0) is 29.7 Å². The second-order valence-corrected chi connectivity index (χ2v) is 7.63. The van der Waals surface area contributed by atoms with E-state index in [1.165, 1.54) is 24.2 Å². The molecule has 0 radical (unpaired) electrons. The molecular formula is C17H18N4O2S. The van der Waals surface area contributed by atoms with Crippen molar-refractivity contribution in [3.63, 3.8) is 0 Å². The van der Waals surface area contributed by atoms with E-state index in [0.717, 1.165) is 5.69 Å². The lowest BCUT2D eigenvalue weighted by Crippen LogP contribution is -2.13. The van der Waals surface area contributed by atoms with Gasteiger partial charge in [0.25, 0.3) is 0 Å². The summed E-state index contributed by atoms with van der Waals surface area (Å²) in [7, 11) is -3.65. The number of nitrogens with zero attached hydrogens (tertiary/aromatic N) is 4. The summed E-state index contributed by atoms with van der Waals surface area (Å²) >= 11 is 0. The van der Waals surface area contributed by atoms with Crippen LogP contribution in [0.25, 0.3) is 5.69 Å². The van der Waals surface area contributed by atoms with Crippen LogP contribution in [-0.4, -0.2) is 27.9 Å². The zero-order valence-electron chi connectivity index (χ0n) is 13.5. The van der Waals surface area contributed by atoms with Crippen LogP contribution in [0.5, 0.6) is 0 Å². The predicted molar refractivity (Wildman–Crippen MR) is 90.6 cm³/mol. The molecule has 0 N–H and O–H groups in total. The van der Waals surface area contributed by atoms with Gasteiger partial charge in [0.2, 0.25) is 15.0 Å². The van der Waals surface area contributed by atoms with E-state index in [4.69, 9.17) is 0 Å². The van der Waals surface area contributed by atoms with Crippen molar-refractivity contribution in [2.24, 2.45) is 0 Å². The zero-order valence-corrected chi connectivity index (χ0v) is 14.3. The van der Waals surface area contributed by atoms with Crippen molar-refractivity contribution in [3.05, 3.63) is 66.5 Å². The van der Waals surface area contributed by atoms with Crippen LogP contribution in [0, 0.1) is 0 Å². The Bertz CT molecular complexity index is 917. The molecule has 0 atom stereocenters. The van der Waals surface area contributed by atoms with Gasteiger partial charge in [-0.3, -0.25) is 4.57 Å². The van der Waals surface area contributed by atoms with Gasteiger partial charge in [-0.2, -0.15) is 0 Å². The van der Waals surface area contributed by atoms with Crippen LogP contribution in [0.1, 0.15) is 31.2 Å². The molecule has 0 fully saturated rings. The van der Waals surface area contributed by atoms with Gasteiger partial charge in [0.05, 0.1) is 0 Å². The molecule has 0 saturated heterocycles. The fourth-order valence-corrected chi connectivity index (χ4v) is 3.68. The Morgan fingerprint density at radius 1 is 1.00 bits per heavy atom. The molecular weight excluding hydrogens is 324 g/mol. The molecule has 0 amide bonds. The Balaban J connectivity index is 1.95. The van der Waals surface area contributed by atoms with Gasteiger partial charge in [0, 0.05) is 30.5 Å². The molecule has 2 heterocycles. The lowest BCUT2D eigenvalue weighted by molar-refractivity contribution is 0.582. The maximum absolute atomic E-state index is 12.7. The monoisotopic (exact) mass is 342 g/mol. The average Bonchev–Trinajstić information content (AvgIpc) is 3.06. The summed E-state index contributed by atoms with van der Waals surface area (Å²) in [5.74, 6) is 0.386. The van der Waals surface area contributed by atoms with Crippen molar-refractivity contribution < 1.29 is 8.42 Å². The molecule has 0 aliphatic heterocycles. The molecule has 2 aromatic heterocycles. The van der Waals surface area contributed by atoms with Gasteiger partial charge in [-0.1, -0.05) is 26.0 Å². The molecule has 1 aromatic carbocycles. The fourth-order valence-electron chi connectivity index (χ4n) is 2.38. The van der Waals surface area contributed by atoms with Crippen LogP contribution in [0.15, 0.2) is 60.3 Å². The van der Waals surface area contributed by atoms with Crippen molar-refractivity contribution in [3.8, 4) is 5.69 Å². The highest BCUT2D eigenvalue weighted by molar-refractivity contribution is 7.90. The van der Waals surface area contributed by atoms with E-state index in [9.17, 15) is 8.42 Å². The molecule has 0 spiro atoms. The maximum Gasteiger partial charge on any atom is 0.232 e. The van der Waals surface area contributed by atoms with Crippen LogP contribution < -0.4 is 0 Å². The van der Waals surface area contributed by atoms with Crippen molar-refractivity contribution in [1.82, 2.24) is 19.5 Å². The first-order chi connectivity index (χ1) is 11.5. The summed E-state index contributed by atoms with van der Waals surface area (Å²) in [5.41, 5.74) is 1.95. The van der Waals surface area contributed by atoms with E-state index in [2.05, 4.69) is 28.8 Å². The summed E-state index contributed by atoms with van der Waals surface area (Å²) in [5, 5.41) is -0.00718. The standard InChI is InChI=1S/C17H18N4O2S/c1-13(2)14-4-6-15(7-5-14)21-11-10-20-17(21)24(22,23)12-16-18-8-3-9-19-16/h3-11,13H,12H2,1-2H3. The van der Waals surface area contributed by atoms with E-state index in [1.54, 1.807) is 16.8 Å². The van der Waals surface area contributed by atoms with E-state index < -0.39 is 9.84 Å². The molecule has 0 aliphatic rings. The first-order valence-electron chi connectivity index (χ1n) is 7.60. The maximum atomic E-state index is 12.7. The number of benzene rings is 1. The normalized spacial score (nSPS) is 11.8. The highest BCUT2D eigenvalue weighted by Gasteiger charge is 2.23. The Hall–Kier alpha value is -2.54. The fraction of sp³-hybridized carbons (Fsp3) is 0.235. The summed E-state index contributed by atoms with van der Waals surface area (Å²) in [6, 6.07) is 9.44. The van der Waals surface area contributed by atoms with Gasteiger partial charge in [0.1, 0.15) is 11.6 Å². The second-order valence-electron chi connectivity index (χ2n) is 5.75. The van der Waals surface area contributed by atoms with Gasteiger partial charge in [-0.15, -0.1) is 0 Å². The summed E-state index contributed by atoms with van der Waals surface area (Å²) < 4.78 is 26.9. The quantitative estimate of drug-likeness (QED) is 0.712. The lowest BCUT2D eigenvalue weighted by Gasteiger charge is -2.10. The summed E-state index contributed by atoms with van der Waals surface area (Å²) in [4.78, 5) is 12.0. The first kappa shape index (κ1) is 16.3. The third kappa shape index (κ3) is 3.35. The van der Waals surface area contributed by atoms with E-state index >= 15 is 0 Å².